The molecule has 5 rings (SSSR count). The normalized spacial score (nSPS) is 16.2. The molecule has 0 amide bonds. The predicted molar refractivity (Wildman–Crippen MR) is 149 cm³/mol. The summed E-state index contributed by atoms with van der Waals surface area (Å²) in [6, 6.07) is 32.1. The zero-order valence-corrected chi connectivity index (χ0v) is 21.3. The summed E-state index contributed by atoms with van der Waals surface area (Å²) in [5, 5.41) is 7.19. The van der Waals surface area contributed by atoms with Crippen LogP contribution < -0.4 is 25.0 Å². The largest absolute Gasteiger partial charge is 0.497 e. The number of nitrogens with zero attached hydrogens (tertiary/aromatic N) is 1. The molecule has 36 heavy (non-hydrogen) atoms. The third kappa shape index (κ3) is 4.69. The zero-order valence-electron chi connectivity index (χ0n) is 21.3. The number of nitrogens with one attached hydrogen (secondary N) is 2. The van der Waals surface area contributed by atoms with Crippen LogP contribution >= 0.6 is 0 Å². The highest BCUT2D eigenvalue weighted by atomic mass is 16.5. The molecular formula is C31H33N3O2. The van der Waals surface area contributed by atoms with E-state index in [1.807, 2.05) is 19.2 Å². The molecule has 0 spiro atoms. The summed E-state index contributed by atoms with van der Waals surface area (Å²) in [5.41, 5.74) is 8.49. The Morgan fingerprint density at radius 1 is 0.750 bits per heavy atom. The third-order valence-corrected chi connectivity index (χ3v) is 7.17. The molecule has 0 fully saturated rings. The molecule has 4 aromatic rings. The standard InChI is InChI=1S/C31H33N3O2/c1-32-23-11-8-22-18-29(21-9-14-27(35-3)15-10-21)31(30(22)20-23)33-24-6-5-7-26(19-24)34(2)25-12-16-28(36-4)17-13-25/h5-17,19-20,29,31-33H,18H2,1-4H3. The van der Waals surface area contributed by atoms with Gasteiger partial charge in [0.1, 0.15) is 11.5 Å². The van der Waals surface area contributed by atoms with Gasteiger partial charge in [0.05, 0.1) is 20.3 Å². The van der Waals surface area contributed by atoms with Gasteiger partial charge >= 0.3 is 0 Å². The number of anilines is 4. The second-order valence-corrected chi connectivity index (χ2v) is 9.18. The first-order valence-electron chi connectivity index (χ1n) is 12.3. The summed E-state index contributed by atoms with van der Waals surface area (Å²) in [4.78, 5) is 2.19. The molecule has 2 unspecified atom stereocenters. The molecule has 2 N–H and O–H groups in total. The van der Waals surface area contributed by atoms with E-state index in [9.17, 15) is 0 Å². The minimum atomic E-state index is 0.156. The van der Waals surface area contributed by atoms with Crippen molar-refractivity contribution in [2.75, 3.05) is 43.8 Å². The van der Waals surface area contributed by atoms with Crippen LogP contribution in [0.1, 0.15) is 28.7 Å². The van der Waals surface area contributed by atoms with Crippen molar-refractivity contribution < 1.29 is 9.47 Å². The second kappa shape index (κ2) is 10.2. The summed E-state index contributed by atoms with van der Waals surface area (Å²) in [5.74, 6) is 2.06. The Labute approximate surface area is 213 Å². The Kier molecular flexibility index (Phi) is 6.72. The fourth-order valence-electron chi connectivity index (χ4n) is 5.08. The van der Waals surface area contributed by atoms with Crippen LogP contribution in [-0.4, -0.2) is 28.3 Å². The van der Waals surface area contributed by atoms with E-state index in [0.29, 0.717) is 5.92 Å². The molecule has 1 aliphatic carbocycles. The monoisotopic (exact) mass is 479 g/mol. The molecule has 5 nitrogen and oxygen atoms in total. The van der Waals surface area contributed by atoms with E-state index in [1.54, 1.807) is 14.2 Å². The van der Waals surface area contributed by atoms with E-state index in [4.69, 9.17) is 9.47 Å². The van der Waals surface area contributed by atoms with Crippen LogP contribution in [0.2, 0.25) is 0 Å². The lowest BCUT2D eigenvalue weighted by molar-refractivity contribution is 0.414. The van der Waals surface area contributed by atoms with Crippen LogP contribution in [0.4, 0.5) is 22.7 Å². The molecule has 4 aromatic carbocycles. The third-order valence-electron chi connectivity index (χ3n) is 7.17. The molecule has 0 aliphatic heterocycles. The number of hydrogen-bond acceptors (Lipinski definition) is 5. The van der Waals surface area contributed by atoms with Gasteiger partial charge < -0.3 is 25.0 Å². The number of ether oxygens (including phenoxy) is 2. The van der Waals surface area contributed by atoms with Crippen molar-refractivity contribution in [3.05, 3.63) is 108 Å². The maximum absolute atomic E-state index is 5.40. The van der Waals surface area contributed by atoms with Crippen molar-refractivity contribution in [3.8, 4) is 11.5 Å². The molecule has 2 atom stereocenters. The lowest BCUT2D eigenvalue weighted by atomic mass is 9.91. The van der Waals surface area contributed by atoms with Crippen molar-refractivity contribution in [2.45, 2.75) is 18.4 Å². The van der Waals surface area contributed by atoms with Gasteiger partial charge in [0.15, 0.2) is 0 Å². The predicted octanol–water partition coefficient (Wildman–Crippen LogP) is 7.01. The Morgan fingerprint density at radius 2 is 1.44 bits per heavy atom. The highest BCUT2D eigenvalue weighted by Crippen LogP contribution is 2.45. The van der Waals surface area contributed by atoms with E-state index < -0.39 is 0 Å². The molecular weight excluding hydrogens is 446 g/mol. The van der Waals surface area contributed by atoms with Crippen LogP contribution in [-0.2, 0) is 6.42 Å². The highest BCUT2D eigenvalue weighted by Gasteiger charge is 2.34. The maximum atomic E-state index is 5.40. The first-order chi connectivity index (χ1) is 17.6. The van der Waals surface area contributed by atoms with Gasteiger partial charge in [-0.3, -0.25) is 0 Å². The average molecular weight is 480 g/mol. The summed E-state index contributed by atoms with van der Waals surface area (Å²) in [7, 11) is 7.46. The van der Waals surface area contributed by atoms with E-state index in [2.05, 4.69) is 101 Å². The van der Waals surface area contributed by atoms with Crippen molar-refractivity contribution in [1.82, 2.24) is 0 Å². The molecule has 0 saturated heterocycles. The molecule has 0 bridgehead atoms. The Bertz CT molecular complexity index is 1320. The topological polar surface area (TPSA) is 45.8 Å². The zero-order chi connectivity index (χ0) is 25.1. The highest BCUT2D eigenvalue weighted by molar-refractivity contribution is 5.68. The minimum Gasteiger partial charge on any atom is -0.497 e. The van der Waals surface area contributed by atoms with Crippen molar-refractivity contribution in [1.29, 1.82) is 0 Å². The van der Waals surface area contributed by atoms with Crippen molar-refractivity contribution in [2.24, 2.45) is 0 Å². The summed E-state index contributed by atoms with van der Waals surface area (Å²) >= 11 is 0. The van der Waals surface area contributed by atoms with Crippen LogP contribution in [0.15, 0.2) is 91.0 Å². The molecule has 1 aliphatic rings. The lowest BCUT2D eigenvalue weighted by Crippen LogP contribution is -2.16. The fraction of sp³-hybridized carbons (Fsp3) is 0.226. The molecule has 0 radical (unpaired) electrons. The Morgan fingerprint density at radius 3 is 2.11 bits per heavy atom. The first-order valence-corrected chi connectivity index (χ1v) is 12.3. The summed E-state index contributed by atoms with van der Waals surface area (Å²) in [6.45, 7) is 0. The quantitative estimate of drug-likeness (QED) is 0.285. The Balaban J connectivity index is 1.46. The molecule has 0 aromatic heterocycles. The van der Waals surface area contributed by atoms with Gasteiger partial charge in [-0.15, -0.1) is 0 Å². The van der Waals surface area contributed by atoms with Gasteiger partial charge in [-0.2, -0.15) is 0 Å². The number of hydrogen-bond donors (Lipinski definition) is 2. The smallest absolute Gasteiger partial charge is 0.119 e. The number of methoxy groups -OCH3 is 2. The molecule has 184 valence electrons. The summed E-state index contributed by atoms with van der Waals surface area (Å²) < 4.78 is 10.7. The summed E-state index contributed by atoms with van der Waals surface area (Å²) in [6.07, 6.45) is 0.995. The SMILES string of the molecule is CNc1ccc2c(c1)C(Nc1cccc(N(C)c3ccc(OC)cc3)c1)C(c1ccc(OC)cc1)C2. The fourth-order valence-corrected chi connectivity index (χ4v) is 5.08. The Hall–Kier alpha value is -4.12. The van der Waals surface area contributed by atoms with E-state index in [0.717, 1.165) is 40.7 Å². The van der Waals surface area contributed by atoms with Crippen molar-refractivity contribution >= 4 is 22.7 Å². The van der Waals surface area contributed by atoms with Gasteiger partial charge in [-0.05, 0) is 89.8 Å². The lowest BCUT2D eigenvalue weighted by Gasteiger charge is -2.26. The van der Waals surface area contributed by atoms with E-state index >= 15 is 0 Å². The van der Waals surface area contributed by atoms with Gasteiger partial charge in [-0.1, -0.05) is 24.3 Å². The minimum absolute atomic E-state index is 0.156. The molecule has 0 saturated carbocycles. The number of fused-ring (bicyclic) bond motifs is 1. The number of benzene rings is 4. The van der Waals surface area contributed by atoms with Crippen LogP contribution in [0.3, 0.4) is 0 Å². The molecule has 5 heteroatoms. The average Bonchev–Trinajstić information content (AvgIpc) is 3.30. The van der Waals surface area contributed by atoms with E-state index in [-0.39, 0.29) is 6.04 Å². The molecule has 0 heterocycles. The maximum Gasteiger partial charge on any atom is 0.119 e. The van der Waals surface area contributed by atoms with Crippen molar-refractivity contribution in [3.63, 3.8) is 0 Å². The van der Waals surface area contributed by atoms with Gasteiger partial charge in [0.25, 0.3) is 0 Å². The van der Waals surface area contributed by atoms with Crippen LogP contribution in [0.5, 0.6) is 11.5 Å². The van der Waals surface area contributed by atoms with Gasteiger partial charge in [0, 0.05) is 42.8 Å². The van der Waals surface area contributed by atoms with E-state index in [1.165, 1.54) is 16.7 Å². The van der Waals surface area contributed by atoms with Crippen LogP contribution in [0.25, 0.3) is 0 Å². The van der Waals surface area contributed by atoms with Gasteiger partial charge in [0.2, 0.25) is 0 Å². The van der Waals surface area contributed by atoms with Crippen LogP contribution in [0, 0.1) is 0 Å². The van der Waals surface area contributed by atoms with Gasteiger partial charge in [-0.25, -0.2) is 0 Å². The second-order valence-electron chi connectivity index (χ2n) is 9.18. The number of rotatable bonds is 8. The first kappa shape index (κ1) is 23.6.